The van der Waals surface area contributed by atoms with Crippen molar-refractivity contribution >= 4 is 46.1 Å². The highest BCUT2D eigenvalue weighted by atomic mass is 15.0. The fourth-order valence-corrected chi connectivity index (χ4v) is 5.02. The Morgan fingerprint density at radius 2 is 0.895 bits per heavy atom. The molecule has 0 aliphatic rings. The summed E-state index contributed by atoms with van der Waals surface area (Å²) in [5.41, 5.74) is 11.2. The van der Waals surface area contributed by atoms with Crippen molar-refractivity contribution in [2.24, 2.45) is 0 Å². The highest BCUT2D eigenvalue weighted by molar-refractivity contribution is 6.09. The summed E-state index contributed by atoms with van der Waals surface area (Å²) >= 11 is 0. The van der Waals surface area contributed by atoms with Gasteiger partial charge in [-0.05, 0) is 65.9 Å². The predicted molar refractivity (Wildman–Crippen MR) is 165 cm³/mol. The van der Waals surface area contributed by atoms with E-state index in [-0.39, 0.29) is 0 Å². The third-order valence-corrected chi connectivity index (χ3v) is 7.19. The van der Waals surface area contributed by atoms with Crippen LogP contribution in [0, 0.1) is 13.8 Å². The summed E-state index contributed by atoms with van der Waals surface area (Å²) in [6.45, 7) is 5.09. The van der Waals surface area contributed by atoms with Crippen molar-refractivity contribution in [3.63, 3.8) is 0 Å². The van der Waals surface area contributed by atoms with E-state index < -0.39 is 0 Å². The van der Waals surface area contributed by atoms with E-state index in [9.17, 15) is 0 Å². The zero-order valence-electron chi connectivity index (χ0n) is 21.9. The maximum Gasteiger partial charge on any atom is 0.0494 e. The molecule has 1 heterocycles. The molecule has 0 aliphatic heterocycles. The molecule has 6 rings (SSSR count). The van der Waals surface area contributed by atoms with Crippen molar-refractivity contribution in [1.82, 2.24) is 4.57 Å². The normalized spacial score (nSPS) is 11.8. The van der Waals surface area contributed by atoms with Gasteiger partial charge in [0.05, 0.1) is 0 Å². The van der Waals surface area contributed by atoms with E-state index in [1.54, 1.807) is 0 Å². The monoisotopic (exact) mass is 489 g/mol. The van der Waals surface area contributed by atoms with Gasteiger partial charge in [0.15, 0.2) is 0 Å². The number of hydrogen-bond donors (Lipinski definition) is 0. The van der Waals surface area contributed by atoms with Crippen LogP contribution >= 0.6 is 0 Å². The molecule has 5 aromatic carbocycles. The smallest absolute Gasteiger partial charge is 0.0494 e. The van der Waals surface area contributed by atoms with Crippen molar-refractivity contribution in [2.75, 3.05) is 0 Å². The minimum absolute atomic E-state index is 0.845. The molecule has 6 aromatic rings. The lowest BCUT2D eigenvalue weighted by molar-refractivity contribution is 0.869. The summed E-state index contributed by atoms with van der Waals surface area (Å²) in [6, 6.07) is 41.7. The summed E-state index contributed by atoms with van der Waals surface area (Å²) in [5, 5.41) is 2.57. The predicted octanol–water partition coefficient (Wildman–Crippen LogP) is 9.80. The Labute approximate surface area is 225 Å². The molecular weight excluding hydrogens is 458 g/mol. The molecule has 0 bridgehead atoms. The van der Waals surface area contributed by atoms with Gasteiger partial charge in [0, 0.05) is 28.4 Å². The van der Waals surface area contributed by atoms with Gasteiger partial charge in [-0.2, -0.15) is 0 Å². The molecule has 184 valence electrons. The van der Waals surface area contributed by atoms with Crippen LogP contribution < -0.4 is 0 Å². The third kappa shape index (κ3) is 5.10. The largest absolute Gasteiger partial charge is 0.336 e. The van der Waals surface area contributed by atoms with Crippen LogP contribution in [-0.2, 0) is 6.54 Å². The van der Waals surface area contributed by atoms with Crippen LogP contribution in [0.25, 0.3) is 46.1 Å². The molecule has 0 amide bonds. The van der Waals surface area contributed by atoms with Crippen LogP contribution in [0.15, 0.2) is 115 Å². The highest BCUT2D eigenvalue weighted by Gasteiger charge is 2.12. The van der Waals surface area contributed by atoms with E-state index in [2.05, 4.69) is 158 Å². The number of rotatable bonds is 6. The maximum absolute atomic E-state index is 2.45. The number of hydrogen-bond acceptors (Lipinski definition) is 0. The van der Waals surface area contributed by atoms with Gasteiger partial charge in [-0.3, -0.25) is 0 Å². The van der Waals surface area contributed by atoms with E-state index >= 15 is 0 Å². The zero-order valence-corrected chi connectivity index (χ0v) is 21.9. The van der Waals surface area contributed by atoms with E-state index in [1.807, 2.05) is 0 Å². The van der Waals surface area contributed by atoms with Gasteiger partial charge in [0.2, 0.25) is 0 Å². The Hall–Kier alpha value is -4.62. The first-order valence-electron chi connectivity index (χ1n) is 13.2. The van der Waals surface area contributed by atoms with Crippen molar-refractivity contribution in [3.05, 3.63) is 154 Å². The fourth-order valence-electron chi connectivity index (χ4n) is 5.02. The molecule has 1 nitrogen and oxygen atoms in total. The molecule has 0 spiro atoms. The van der Waals surface area contributed by atoms with Crippen LogP contribution in [-0.4, -0.2) is 4.57 Å². The second-order valence-corrected chi connectivity index (χ2v) is 10.1. The van der Waals surface area contributed by atoms with Gasteiger partial charge in [-0.15, -0.1) is 0 Å². The van der Waals surface area contributed by atoms with Crippen molar-refractivity contribution in [2.45, 2.75) is 20.4 Å². The first kappa shape index (κ1) is 23.8. The van der Waals surface area contributed by atoms with E-state index in [4.69, 9.17) is 0 Å². The molecule has 0 atom stereocenters. The molecule has 0 saturated heterocycles. The lowest BCUT2D eigenvalue weighted by Gasteiger charge is -2.08. The molecule has 1 aromatic heterocycles. The Balaban J connectivity index is 1.43. The Bertz CT molecular complexity index is 1650. The van der Waals surface area contributed by atoms with E-state index in [0.29, 0.717) is 0 Å². The van der Waals surface area contributed by atoms with Crippen LogP contribution in [0.5, 0.6) is 0 Å². The van der Waals surface area contributed by atoms with Crippen molar-refractivity contribution < 1.29 is 0 Å². The van der Waals surface area contributed by atoms with Gasteiger partial charge in [0.25, 0.3) is 0 Å². The molecule has 38 heavy (non-hydrogen) atoms. The fraction of sp³-hybridized carbons (Fsp3) is 0.0811. The summed E-state index contributed by atoms with van der Waals surface area (Å²) in [4.78, 5) is 0. The lowest BCUT2D eigenvalue weighted by Crippen LogP contribution is -1.99. The average Bonchev–Trinajstić information content (AvgIpc) is 3.25. The molecule has 0 N–H and O–H groups in total. The van der Waals surface area contributed by atoms with E-state index in [0.717, 1.165) is 6.54 Å². The minimum atomic E-state index is 0.845. The standard InChI is InChI=1S/C37H31N/c1-27-8-12-29(13-9-27)16-18-31-20-22-36-34(24-31)35-25-32(19-17-30-14-10-28(2)11-15-30)21-23-37(35)38(36)26-33-6-4-3-5-7-33/h3-25H,26H2,1-2H3. The Morgan fingerprint density at radius 3 is 1.37 bits per heavy atom. The SMILES string of the molecule is Cc1ccc(C=Cc2ccc3c(c2)c2cc(C=Cc4ccc(C)cc4)ccc2n3Cc2ccccc2)cc1. The second kappa shape index (κ2) is 10.4. The maximum atomic E-state index is 2.45. The quantitative estimate of drug-likeness (QED) is 0.205. The first-order chi connectivity index (χ1) is 18.6. The van der Waals surface area contributed by atoms with Gasteiger partial charge in [-0.1, -0.05) is 126 Å². The Kier molecular flexibility index (Phi) is 6.50. The van der Waals surface area contributed by atoms with E-state index in [1.165, 1.54) is 60.8 Å². The molecule has 0 saturated carbocycles. The number of aromatic nitrogens is 1. The highest BCUT2D eigenvalue weighted by Crippen LogP contribution is 2.32. The summed E-state index contributed by atoms with van der Waals surface area (Å²) in [7, 11) is 0. The van der Waals surface area contributed by atoms with Gasteiger partial charge in [0.1, 0.15) is 0 Å². The first-order valence-corrected chi connectivity index (χ1v) is 13.2. The summed E-state index contributed by atoms with van der Waals surface area (Å²) in [6.07, 6.45) is 8.82. The molecule has 0 aliphatic carbocycles. The minimum Gasteiger partial charge on any atom is -0.336 e. The number of fused-ring (bicyclic) bond motifs is 3. The molecule has 1 heteroatoms. The van der Waals surface area contributed by atoms with Gasteiger partial charge < -0.3 is 4.57 Å². The summed E-state index contributed by atoms with van der Waals surface area (Å²) < 4.78 is 2.45. The third-order valence-electron chi connectivity index (χ3n) is 7.19. The molecule has 0 unspecified atom stereocenters. The second-order valence-electron chi connectivity index (χ2n) is 10.1. The lowest BCUT2D eigenvalue weighted by atomic mass is 10.0. The molecule has 0 radical (unpaired) electrons. The zero-order chi connectivity index (χ0) is 25.9. The number of aryl methyl sites for hydroxylation is 2. The number of benzene rings is 5. The van der Waals surface area contributed by atoms with Crippen molar-refractivity contribution in [3.8, 4) is 0 Å². The van der Waals surface area contributed by atoms with Crippen LogP contribution in [0.3, 0.4) is 0 Å². The molecule has 0 fully saturated rings. The summed E-state index contributed by atoms with van der Waals surface area (Å²) in [5.74, 6) is 0. The number of nitrogens with zero attached hydrogens (tertiary/aromatic N) is 1. The average molecular weight is 490 g/mol. The molecular formula is C37H31N. The van der Waals surface area contributed by atoms with Gasteiger partial charge in [-0.25, -0.2) is 0 Å². The topological polar surface area (TPSA) is 4.93 Å². The van der Waals surface area contributed by atoms with Crippen LogP contribution in [0.2, 0.25) is 0 Å². The van der Waals surface area contributed by atoms with Crippen LogP contribution in [0.1, 0.15) is 38.9 Å². The van der Waals surface area contributed by atoms with Gasteiger partial charge >= 0.3 is 0 Å². The Morgan fingerprint density at radius 1 is 0.474 bits per heavy atom. The van der Waals surface area contributed by atoms with Crippen molar-refractivity contribution in [1.29, 1.82) is 0 Å². The van der Waals surface area contributed by atoms with Crippen LogP contribution in [0.4, 0.5) is 0 Å².